The molecular weight excluding hydrogens is 246 g/mol. The average Bonchev–Trinajstić information content (AvgIpc) is 3.13. The van der Waals surface area contributed by atoms with Gasteiger partial charge in [0.2, 0.25) is 0 Å². The van der Waals surface area contributed by atoms with E-state index in [1.807, 2.05) is 24.3 Å². The van der Waals surface area contributed by atoms with E-state index < -0.39 is 12.1 Å². The van der Waals surface area contributed by atoms with Gasteiger partial charge in [0.15, 0.2) is 6.10 Å². The number of nitrogens with zero attached hydrogens (tertiary/aromatic N) is 1. The molecule has 5 heteroatoms. The fourth-order valence-electron chi connectivity index (χ4n) is 2.42. The van der Waals surface area contributed by atoms with Crippen molar-refractivity contribution in [1.29, 1.82) is 0 Å². The number of rotatable bonds is 4. The first-order chi connectivity index (χ1) is 9.15. The molecule has 1 aromatic carbocycles. The molecule has 0 unspecified atom stereocenters. The van der Waals surface area contributed by atoms with Crippen molar-refractivity contribution in [2.24, 2.45) is 0 Å². The zero-order chi connectivity index (χ0) is 13.4. The van der Waals surface area contributed by atoms with Crippen LogP contribution in [0.25, 0.3) is 0 Å². The molecule has 0 bridgehead atoms. The summed E-state index contributed by atoms with van der Waals surface area (Å²) < 4.78 is 5.63. The van der Waals surface area contributed by atoms with E-state index in [0.717, 1.165) is 24.2 Å². The van der Waals surface area contributed by atoms with Crippen LogP contribution in [0.2, 0.25) is 0 Å². The molecule has 3 rings (SSSR count). The molecule has 5 nitrogen and oxygen atoms in total. The Kier molecular flexibility index (Phi) is 2.89. The molecule has 19 heavy (non-hydrogen) atoms. The van der Waals surface area contributed by atoms with E-state index in [4.69, 9.17) is 9.84 Å². The Morgan fingerprint density at radius 2 is 2.05 bits per heavy atom. The minimum absolute atomic E-state index is 0.0795. The molecule has 1 amide bonds. The largest absolute Gasteiger partial charge is 0.480 e. The predicted molar refractivity (Wildman–Crippen MR) is 66.9 cm³/mol. The lowest BCUT2D eigenvalue weighted by Gasteiger charge is -2.23. The molecule has 0 radical (unpaired) electrons. The molecule has 0 saturated heterocycles. The molecule has 1 aromatic rings. The number of aliphatic carboxylic acids is 1. The molecule has 1 saturated carbocycles. The zero-order valence-corrected chi connectivity index (χ0v) is 10.4. The number of ether oxygens (including phenoxy) is 1. The van der Waals surface area contributed by atoms with Gasteiger partial charge in [-0.1, -0.05) is 18.2 Å². The molecule has 100 valence electrons. The smallest absolute Gasteiger partial charge is 0.323 e. The van der Waals surface area contributed by atoms with E-state index in [2.05, 4.69) is 0 Å². The van der Waals surface area contributed by atoms with Crippen LogP contribution >= 0.6 is 0 Å². The Labute approximate surface area is 110 Å². The van der Waals surface area contributed by atoms with Crippen molar-refractivity contribution < 1.29 is 19.4 Å². The van der Waals surface area contributed by atoms with Crippen LogP contribution in [0.1, 0.15) is 18.4 Å². The third kappa shape index (κ3) is 2.41. The van der Waals surface area contributed by atoms with Crippen molar-refractivity contribution in [1.82, 2.24) is 4.90 Å². The van der Waals surface area contributed by atoms with Crippen molar-refractivity contribution >= 4 is 11.9 Å². The van der Waals surface area contributed by atoms with E-state index in [1.54, 1.807) is 0 Å². The highest BCUT2D eigenvalue weighted by atomic mass is 16.5. The van der Waals surface area contributed by atoms with Crippen LogP contribution < -0.4 is 4.74 Å². The molecule has 1 fully saturated rings. The van der Waals surface area contributed by atoms with Gasteiger partial charge >= 0.3 is 5.97 Å². The fourth-order valence-corrected chi connectivity index (χ4v) is 2.42. The molecule has 2 aliphatic rings. The predicted octanol–water partition coefficient (Wildman–Crippen LogP) is 1.07. The molecule has 1 aliphatic heterocycles. The first kappa shape index (κ1) is 12.0. The molecular formula is C14H15NO4. The van der Waals surface area contributed by atoms with E-state index in [1.165, 1.54) is 4.90 Å². The van der Waals surface area contributed by atoms with Gasteiger partial charge in [0, 0.05) is 12.5 Å². The summed E-state index contributed by atoms with van der Waals surface area (Å²) in [6, 6.07) is 7.62. The van der Waals surface area contributed by atoms with Gasteiger partial charge in [0.05, 0.1) is 0 Å². The lowest BCUT2D eigenvalue weighted by atomic mass is 10.1. The standard InChI is InChI=1S/C14H15NO4/c16-13(17)8-15(10-5-6-10)14(18)12-7-9-3-1-2-4-11(9)19-12/h1-4,10,12H,5-8H2,(H,16,17)/t12-/m0/s1. The van der Waals surface area contributed by atoms with E-state index in [9.17, 15) is 9.59 Å². The van der Waals surface area contributed by atoms with Crippen molar-refractivity contribution in [3.8, 4) is 5.75 Å². The number of carbonyl (C=O) groups is 2. The first-order valence-electron chi connectivity index (χ1n) is 6.42. The number of benzene rings is 1. The minimum Gasteiger partial charge on any atom is -0.480 e. The van der Waals surface area contributed by atoms with Crippen molar-refractivity contribution in [3.63, 3.8) is 0 Å². The summed E-state index contributed by atoms with van der Waals surface area (Å²) in [6.45, 7) is -0.236. The highest BCUT2D eigenvalue weighted by Gasteiger charge is 2.39. The second-order valence-electron chi connectivity index (χ2n) is 5.01. The average molecular weight is 261 g/mol. The van der Waals surface area contributed by atoms with Gasteiger partial charge in [-0.25, -0.2) is 0 Å². The van der Waals surface area contributed by atoms with Crippen LogP contribution in [-0.4, -0.2) is 40.6 Å². The fraction of sp³-hybridized carbons (Fsp3) is 0.429. The SMILES string of the molecule is O=C(O)CN(C(=O)[C@@H]1Cc2ccccc2O1)C1CC1. The number of hydrogen-bond acceptors (Lipinski definition) is 3. The monoisotopic (exact) mass is 261 g/mol. The first-order valence-corrected chi connectivity index (χ1v) is 6.42. The number of hydrogen-bond donors (Lipinski definition) is 1. The van der Waals surface area contributed by atoms with Crippen LogP contribution in [0.3, 0.4) is 0 Å². The number of carboxylic acid groups (broad SMARTS) is 1. The zero-order valence-electron chi connectivity index (χ0n) is 10.4. The maximum absolute atomic E-state index is 12.4. The quantitative estimate of drug-likeness (QED) is 0.880. The summed E-state index contributed by atoms with van der Waals surface area (Å²) in [5, 5.41) is 8.89. The lowest BCUT2D eigenvalue weighted by molar-refractivity contribution is -0.148. The third-order valence-corrected chi connectivity index (χ3v) is 3.50. The van der Waals surface area contributed by atoms with E-state index >= 15 is 0 Å². The summed E-state index contributed by atoms with van der Waals surface area (Å²) in [5.41, 5.74) is 1.01. The second kappa shape index (κ2) is 4.57. The topological polar surface area (TPSA) is 66.8 Å². The number of amides is 1. The number of carbonyl (C=O) groups excluding carboxylic acids is 1. The van der Waals surface area contributed by atoms with Crippen LogP contribution in [-0.2, 0) is 16.0 Å². The second-order valence-corrected chi connectivity index (χ2v) is 5.01. The van der Waals surface area contributed by atoms with Gasteiger partial charge in [-0.05, 0) is 24.5 Å². The maximum atomic E-state index is 12.4. The maximum Gasteiger partial charge on any atom is 0.323 e. The van der Waals surface area contributed by atoms with Crippen LogP contribution in [0.5, 0.6) is 5.75 Å². The number of para-hydroxylation sites is 1. The van der Waals surface area contributed by atoms with Crippen LogP contribution in [0.4, 0.5) is 0 Å². The Bertz CT molecular complexity index is 499. The van der Waals surface area contributed by atoms with Crippen molar-refractivity contribution in [2.75, 3.05) is 6.54 Å². The minimum atomic E-state index is -0.976. The molecule has 1 heterocycles. The highest BCUT2D eigenvalue weighted by molar-refractivity contribution is 5.86. The Balaban J connectivity index is 1.72. The molecule has 0 spiro atoms. The molecule has 1 aliphatic carbocycles. The van der Waals surface area contributed by atoms with Gasteiger partial charge in [-0.2, -0.15) is 0 Å². The Morgan fingerprint density at radius 3 is 2.68 bits per heavy atom. The summed E-state index contributed by atoms with van der Waals surface area (Å²) in [7, 11) is 0. The Hall–Kier alpha value is -2.04. The number of fused-ring (bicyclic) bond motifs is 1. The molecule has 1 N–H and O–H groups in total. The van der Waals surface area contributed by atoms with Crippen LogP contribution in [0.15, 0.2) is 24.3 Å². The highest BCUT2D eigenvalue weighted by Crippen LogP contribution is 2.32. The van der Waals surface area contributed by atoms with Gasteiger partial charge < -0.3 is 14.7 Å². The number of carboxylic acids is 1. The third-order valence-electron chi connectivity index (χ3n) is 3.50. The normalized spacial score (nSPS) is 20.5. The summed E-state index contributed by atoms with van der Waals surface area (Å²) in [6.07, 6.45) is 1.73. The molecule has 1 atom stereocenters. The van der Waals surface area contributed by atoms with E-state index in [-0.39, 0.29) is 18.5 Å². The summed E-state index contributed by atoms with van der Waals surface area (Å²) >= 11 is 0. The summed E-state index contributed by atoms with van der Waals surface area (Å²) in [4.78, 5) is 24.7. The van der Waals surface area contributed by atoms with Gasteiger partial charge in [-0.15, -0.1) is 0 Å². The van der Waals surface area contributed by atoms with Gasteiger partial charge in [0.1, 0.15) is 12.3 Å². The van der Waals surface area contributed by atoms with Crippen molar-refractivity contribution in [2.45, 2.75) is 31.4 Å². The van der Waals surface area contributed by atoms with Crippen LogP contribution in [0, 0.1) is 0 Å². The van der Waals surface area contributed by atoms with Crippen molar-refractivity contribution in [3.05, 3.63) is 29.8 Å². The van der Waals surface area contributed by atoms with E-state index in [0.29, 0.717) is 6.42 Å². The Morgan fingerprint density at radius 1 is 1.32 bits per heavy atom. The van der Waals surface area contributed by atoms with Gasteiger partial charge in [-0.3, -0.25) is 9.59 Å². The summed E-state index contributed by atoms with van der Waals surface area (Å²) in [5.74, 6) is -0.455. The van der Waals surface area contributed by atoms with Gasteiger partial charge in [0.25, 0.3) is 5.91 Å². The molecule has 0 aromatic heterocycles. The lowest BCUT2D eigenvalue weighted by Crippen LogP contribution is -2.45.